The molecule has 5 nitrogen and oxygen atoms in total. The van der Waals surface area contributed by atoms with Crippen LogP contribution in [0.3, 0.4) is 0 Å². The van der Waals surface area contributed by atoms with Crippen molar-refractivity contribution in [1.29, 1.82) is 5.26 Å². The van der Waals surface area contributed by atoms with Crippen LogP contribution in [-0.2, 0) is 0 Å². The fourth-order valence-electron chi connectivity index (χ4n) is 2.46. The number of aromatic nitrogens is 1. The van der Waals surface area contributed by atoms with Crippen molar-refractivity contribution >= 4 is 30.6 Å². The summed E-state index contributed by atoms with van der Waals surface area (Å²) in [5.74, 6) is 1.03. The van der Waals surface area contributed by atoms with E-state index in [1.807, 2.05) is 19.9 Å². The predicted octanol–water partition coefficient (Wildman–Crippen LogP) is 1.80. The SMILES string of the molecule is Cc1cc(NC[C@@H]2CCNC[C@H]2O)nc(C)c1C#N.Cl.Cl. The lowest BCUT2D eigenvalue weighted by molar-refractivity contribution is 0.0883. The van der Waals surface area contributed by atoms with Crippen LogP contribution < -0.4 is 10.6 Å². The Kier molecular flexibility index (Phi) is 8.60. The molecule has 1 saturated heterocycles. The summed E-state index contributed by atoms with van der Waals surface area (Å²) in [5, 5.41) is 25.3. The van der Waals surface area contributed by atoms with Gasteiger partial charge in [-0.3, -0.25) is 0 Å². The van der Waals surface area contributed by atoms with E-state index < -0.39 is 0 Å². The number of hydrogen-bond acceptors (Lipinski definition) is 5. The van der Waals surface area contributed by atoms with Crippen LogP contribution in [0, 0.1) is 31.1 Å². The third-order valence-corrected chi connectivity index (χ3v) is 3.64. The van der Waals surface area contributed by atoms with Crippen LogP contribution in [0.1, 0.15) is 23.2 Å². The molecule has 118 valence electrons. The van der Waals surface area contributed by atoms with Crippen molar-refractivity contribution < 1.29 is 5.11 Å². The predicted molar refractivity (Wildman–Crippen MR) is 88.4 cm³/mol. The van der Waals surface area contributed by atoms with Crippen molar-refractivity contribution in [2.24, 2.45) is 5.92 Å². The van der Waals surface area contributed by atoms with E-state index in [-0.39, 0.29) is 36.8 Å². The average Bonchev–Trinajstić information content (AvgIpc) is 2.37. The first-order valence-corrected chi connectivity index (χ1v) is 6.63. The largest absolute Gasteiger partial charge is 0.391 e. The molecule has 2 heterocycles. The number of piperidine rings is 1. The van der Waals surface area contributed by atoms with Crippen molar-refractivity contribution in [1.82, 2.24) is 10.3 Å². The number of aliphatic hydroxyl groups excluding tert-OH is 1. The lowest BCUT2D eigenvalue weighted by Crippen LogP contribution is -2.43. The van der Waals surface area contributed by atoms with Gasteiger partial charge in [-0.05, 0) is 38.4 Å². The molecular weight excluding hydrogens is 311 g/mol. The number of anilines is 1. The lowest BCUT2D eigenvalue weighted by atomic mass is 9.95. The number of aliphatic hydroxyl groups is 1. The molecule has 1 aliphatic rings. The van der Waals surface area contributed by atoms with Gasteiger partial charge in [0.2, 0.25) is 0 Å². The van der Waals surface area contributed by atoms with Gasteiger partial charge in [0.25, 0.3) is 0 Å². The second kappa shape index (κ2) is 9.06. The highest BCUT2D eigenvalue weighted by atomic mass is 35.5. The Balaban J connectivity index is 0.00000200. The van der Waals surface area contributed by atoms with E-state index >= 15 is 0 Å². The Bertz CT molecular complexity index is 481. The molecule has 0 aliphatic carbocycles. The van der Waals surface area contributed by atoms with Crippen molar-refractivity contribution in [3.8, 4) is 6.07 Å². The Morgan fingerprint density at radius 1 is 1.48 bits per heavy atom. The number of aryl methyl sites for hydroxylation is 2. The summed E-state index contributed by atoms with van der Waals surface area (Å²) in [7, 11) is 0. The molecule has 1 aromatic rings. The number of halogens is 2. The zero-order valence-electron chi connectivity index (χ0n) is 12.2. The van der Waals surface area contributed by atoms with Gasteiger partial charge >= 0.3 is 0 Å². The summed E-state index contributed by atoms with van der Waals surface area (Å²) in [4.78, 5) is 4.38. The van der Waals surface area contributed by atoms with Gasteiger partial charge in [0, 0.05) is 19.0 Å². The first-order chi connectivity index (χ1) is 9.11. The summed E-state index contributed by atoms with van der Waals surface area (Å²) < 4.78 is 0. The first-order valence-electron chi connectivity index (χ1n) is 6.63. The number of nitrogens with one attached hydrogen (secondary N) is 2. The zero-order chi connectivity index (χ0) is 13.8. The van der Waals surface area contributed by atoms with E-state index in [2.05, 4.69) is 21.7 Å². The van der Waals surface area contributed by atoms with Crippen LogP contribution in [0.25, 0.3) is 0 Å². The van der Waals surface area contributed by atoms with Gasteiger partial charge in [0.15, 0.2) is 0 Å². The van der Waals surface area contributed by atoms with E-state index in [0.29, 0.717) is 18.7 Å². The van der Waals surface area contributed by atoms with Crippen molar-refractivity contribution in [3.05, 3.63) is 22.9 Å². The highest BCUT2D eigenvalue weighted by Crippen LogP contribution is 2.17. The summed E-state index contributed by atoms with van der Waals surface area (Å²) >= 11 is 0. The van der Waals surface area contributed by atoms with Gasteiger partial charge < -0.3 is 15.7 Å². The first kappa shape index (κ1) is 19.9. The molecule has 3 N–H and O–H groups in total. The molecule has 1 aliphatic heterocycles. The fourth-order valence-corrected chi connectivity index (χ4v) is 2.46. The molecule has 0 saturated carbocycles. The Hall–Kier alpha value is -1.06. The lowest BCUT2D eigenvalue weighted by Gasteiger charge is -2.28. The van der Waals surface area contributed by atoms with E-state index in [1.54, 1.807) is 0 Å². The van der Waals surface area contributed by atoms with Gasteiger partial charge in [-0.2, -0.15) is 5.26 Å². The minimum atomic E-state index is -0.304. The number of β-amino-alcohol motifs (C(OH)–C–C–N with tert-alkyl or cyclic N) is 1. The van der Waals surface area contributed by atoms with Crippen molar-refractivity contribution in [2.45, 2.75) is 26.4 Å². The van der Waals surface area contributed by atoms with Gasteiger partial charge in [0.1, 0.15) is 11.9 Å². The van der Waals surface area contributed by atoms with Crippen LogP contribution in [-0.4, -0.2) is 35.8 Å². The molecule has 1 aromatic heterocycles. The van der Waals surface area contributed by atoms with E-state index in [9.17, 15) is 5.11 Å². The second-order valence-corrected chi connectivity index (χ2v) is 5.10. The van der Waals surface area contributed by atoms with Crippen LogP contribution in [0.5, 0.6) is 0 Å². The molecule has 0 bridgehead atoms. The Morgan fingerprint density at radius 2 is 2.19 bits per heavy atom. The number of nitriles is 1. The second-order valence-electron chi connectivity index (χ2n) is 5.10. The van der Waals surface area contributed by atoms with E-state index in [0.717, 1.165) is 30.0 Å². The number of hydrogen-bond donors (Lipinski definition) is 3. The average molecular weight is 333 g/mol. The van der Waals surface area contributed by atoms with Crippen molar-refractivity contribution in [3.63, 3.8) is 0 Å². The van der Waals surface area contributed by atoms with E-state index in [1.165, 1.54) is 0 Å². The van der Waals surface area contributed by atoms with Crippen LogP contribution in [0.4, 0.5) is 5.82 Å². The molecule has 0 unspecified atom stereocenters. The maximum absolute atomic E-state index is 9.87. The molecule has 2 atom stereocenters. The maximum Gasteiger partial charge on any atom is 0.126 e. The summed E-state index contributed by atoms with van der Waals surface area (Å²) in [6, 6.07) is 4.05. The highest BCUT2D eigenvalue weighted by Gasteiger charge is 2.22. The van der Waals surface area contributed by atoms with Crippen LogP contribution in [0.2, 0.25) is 0 Å². The minimum absolute atomic E-state index is 0. The summed E-state index contributed by atoms with van der Waals surface area (Å²) in [6.07, 6.45) is 0.657. The highest BCUT2D eigenvalue weighted by molar-refractivity contribution is 5.85. The number of nitrogens with zero attached hydrogens (tertiary/aromatic N) is 2. The smallest absolute Gasteiger partial charge is 0.126 e. The Morgan fingerprint density at radius 3 is 2.76 bits per heavy atom. The van der Waals surface area contributed by atoms with Crippen molar-refractivity contribution in [2.75, 3.05) is 25.0 Å². The quantitative estimate of drug-likeness (QED) is 0.786. The topological polar surface area (TPSA) is 81.0 Å². The standard InChI is InChI=1S/C14H20N4O.2ClH/c1-9-5-14(18-10(2)12(9)6-15)17-7-11-3-4-16-8-13(11)19;;/h5,11,13,16,19H,3-4,7-8H2,1-2H3,(H,17,18);2*1H/t11-,13+;;/m0../s1. The van der Waals surface area contributed by atoms with Gasteiger partial charge in [0.05, 0.1) is 17.4 Å². The van der Waals surface area contributed by atoms with Gasteiger partial charge in [-0.15, -0.1) is 24.8 Å². The maximum atomic E-state index is 9.87. The molecular formula is C14H22Cl2N4O. The minimum Gasteiger partial charge on any atom is -0.391 e. The van der Waals surface area contributed by atoms with Crippen LogP contribution in [0.15, 0.2) is 6.07 Å². The van der Waals surface area contributed by atoms with Gasteiger partial charge in [-0.1, -0.05) is 0 Å². The number of pyridine rings is 1. The molecule has 21 heavy (non-hydrogen) atoms. The normalized spacial score (nSPS) is 20.7. The molecule has 0 radical (unpaired) electrons. The monoisotopic (exact) mass is 332 g/mol. The molecule has 1 fully saturated rings. The third-order valence-electron chi connectivity index (χ3n) is 3.64. The van der Waals surface area contributed by atoms with Gasteiger partial charge in [-0.25, -0.2) is 4.98 Å². The van der Waals surface area contributed by atoms with Crippen LogP contribution >= 0.6 is 24.8 Å². The van der Waals surface area contributed by atoms with E-state index in [4.69, 9.17) is 5.26 Å². The molecule has 0 aromatic carbocycles. The molecule has 0 spiro atoms. The zero-order valence-corrected chi connectivity index (χ0v) is 13.9. The summed E-state index contributed by atoms with van der Waals surface area (Å²) in [6.45, 7) is 6.07. The number of rotatable bonds is 3. The fraction of sp³-hybridized carbons (Fsp3) is 0.571. The molecule has 0 amide bonds. The molecule has 7 heteroatoms. The third kappa shape index (κ3) is 5.01. The molecule has 2 rings (SSSR count). The summed E-state index contributed by atoms with van der Waals surface area (Å²) in [5.41, 5.74) is 2.33. The Labute approximate surface area is 138 Å².